The van der Waals surface area contributed by atoms with Gasteiger partial charge in [0.1, 0.15) is 6.61 Å². The smallest absolute Gasteiger partial charge is 0.338 e. The maximum absolute atomic E-state index is 11.9. The Morgan fingerprint density at radius 1 is 1.40 bits per heavy atom. The zero-order valence-corrected chi connectivity index (χ0v) is 12.6. The van der Waals surface area contributed by atoms with Crippen molar-refractivity contribution in [3.05, 3.63) is 41.5 Å². The average molecular weight is 274 g/mol. The van der Waals surface area contributed by atoms with E-state index in [-0.39, 0.29) is 12.6 Å². The summed E-state index contributed by atoms with van der Waals surface area (Å²) in [7, 11) is 1.96. The van der Waals surface area contributed by atoms with Gasteiger partial charge in [0, 0.05) is 13.6 Å². The topological polar surface area (TPSA) is 41.9 Å². The minimum atomic E-state index is -0.327. The van der Waals surface area contributed by atoms with E-state index >= 15 is 0 Å². The first-order valence-corrected chi connectivity index (χ1v) is 6.63. The van der Waals surface area contributed by atoms with Crippen LogP contribution in [0.15, 0.2) is 29.8 Å². The van der Waals surface area contributed by atoms with Crippen LogP contribution in [0, 0.1) is 13.8 Å². The molecule has 0 aromatic heterocycles. The largest absolute Gasteiger partial charge is 0.458 e. The van der Waals surface area contributed by atoms with Gasteiger partial charge in [-0.05, 0) is 44.0 Å². The lowest BCUT2D eigenvalue weighted by Crippen LogP contribution is -2.14. The second-order valence-corrected chi connectivity index (χ2v) is 4.59. The Hall–Kier alpha value is -2.10. The molecule has 0 radical (unpaired) electrons. The van der Waals surface area contributed by atoms with Gasteiger partial charge in [0.25, 0.3) is 0 Å². The second kappa shape index (κ2) is 7.48. The van der Waals surface area contributed by atoms with Crippen LogP contribution >= 0.6 is 0 Å². The molecular weight excluding hydrogens is 252 g/mol. The highest BCUT2D eigenvalue weighted by molar-refractivity contribution is 5.92. The lowest BCUT2D eigenvalue weighted by molar-refractivity contribution is 0.0549. The molecule has 4 heteroatoms. The summed E-state index contributed by atoms with van der Waals surface area (Å²) in [6, 6.07) is 3.60. The fourth-order valence-corrected chi connectivity index (χ4v) is 1.62. The minimum Gasteiger partial charge on any atom is -0.458 e. The number of nitrogens with zero attached hydrogens (tertiary/aromatic N) is 2. The van der Waals surface area contributed by atoms with E-state index in [1.807, 2.05) is 31.9 Å². The van der Waals surface area contributed by atoms with Crippen LogP contribution in [0.3, 0.4) is 0 Å². The number of esters is 1. The fourth-order valence-electron chi connectivity index (χ4n) is 1.62. The van der Waals surface area contributed by atoms with E-state index in [4.69, 9.17) is 4.74 Å². The zero-order chi connectivity index (χ0) is 15.1. The van der Waals surface area contributed by atoms with Crippen molar-refractivity contribution in [2.24, 2.45) is 4.99 Å². The standard InChI is InChI=1S/C16H22N2O2/c1-6-10-20-16(19)14-8-9-15(13(4)12(14)3)17-11-18(5)7-2/h6,8-9,11H,1,7,10H2,2-5H3/b17-11+. The van der Waals surface area contributed by atoms with E-state index in [2.05, 4.69) is 18.5 Å². The van der Waals surface area contributed by atoms with Crippen molar-refractivity contribution in [2.45, 2.75) is 20.8 Å². The molecule has 0 N–H and O–H groups in total. The van der Waals surface area contributed by atoms with Crippen molar-refractivity contribution in [3.8, 4) is 0 Å². The number of rotatable bonds is 6. The number of aliphatic imine (C=N–C) groups is 1. The number of carbonyl (C=O) groups excluding carboxylic acids is 1. The Morgan fingerprint density at radius 2 is 2.10 bits per heavy atom. The lowest BCUT2D eigenvalue weighted by Gasteiger charge is -2.12. The number of hydrogen-bond donors (Lipinski definition) is 0. The molecule has 0 aliphatic rings. The van der Waals surface area contributed by atoms with E-state index in [1.165, 1.54) is 0 Å². The first-order valence-electron chi connectivity index (χ1n) is 6.63. The summed E-state index contributed by atoms with van der Waals surface area (Å²) >= 11 is 0. The van der Waals surface area contributed by atoms with Crippen LogP contribution in [0.2, 0.25) is 0 Å². The molecule has 0 saturated carbocycles. The number of benzene rings is 1. The van der Waals surface area contributed by atoms with Crippen molar-refractivity contribution in [1.82, 2.24) is 4.90 Å². The Kier molecular flexibility index (Phi) is 5.97. The first-order chi connectivity index (χ1) is 9.51. The maximum atomic E-state index is 11.9. The summed E-state index contributed by atoms with van der Waals surface area (Å²) in [6.07, 6.45) is 3.34. The predicted octanol–water partition coefficient (Wildman–Crippen LogP) is 3.26. The highest BCUT2D eigenvalue weighted by atomic mass is 16.5. The van der Waals surface area contributed by atoms with Crippen LogP contribution in [-0.4, -0.2) is 37.4 Å². The van der Waals surface area contributed by atoms with E-state index in [0.29, 0.717) is 5.56 Å². The van der Waals surface area contributed by atoms with Crippen LogP contribution in [-0.2, 0) is 4.74 Å². The van der Waals surface area contributed by atoms with E-state index in [9.17, 15) is 4.79 Å². The summed E-state index contributed by atoms with van der Waals surface area (Å²) in [5.74, 6) is -0.327. The Morgan fingerprint density at radius 3 is 2.70 bits per heavy atom. The van der Waals surface area contributed by atoms with E-state index in [1.54, 1.807) is 18.5 Å². The zero-order valence-electron chi connectivity index (χ0n) is 12.6. The van der Waals surface area contributed by atoms with Gasteiger partial charge in [0.05, 0.1) is 17.6 Å². The third kappa shape index (κ3) is 3.95. The monoisotopic (exact) mass is 274 g/mol. The minimum absolute atomic E-state index is 0.221. The van der Waals surface area contributed by atoms with Crippen LogP contribution in [0.25, 0.3) is 0 Å². The molecule has 0 heterocycles. The predicted molar refractivity (Wildman–Crippen MR) is 82.9 cm³/mol. The quantitative estimate of drug-likeness (QED) is 0.346. The van der Waals surface area contributed by atoms with Gasteiger partial charge in [0.15, 0.2) is 0 Å². The molecule has 0 spiro atoms. The van der Waals surface area contributed by atoms with Crippen LogP contribution < -0.4 is 0 Å². The van der Waals surface area contributed by atoms with Crippen LogP contribution in [0.5, 0.6) is 0 Å². The highest BCUT2D eigenvalue weighted by Crippen LogP contribution is 2.25. The van der Waals surface area contributed by atoms with Crippen LogP contribution in [0.1, 0.15) is 28.4 Å². The molecule has 108 valence electrons. The summed E-state index contributed by atoms with van der Waals surface area (Å²) in [4.78, 5) is 18.3. The normalized spacial score (nSPS) is 10.6. The van der Waals surface area contributed by atoms with Crippen molar-refractivity contribution >= 4 is 18.0 Å². The van der Waals surface area contributed by atoms with E-state index in [0.717, 1.165) is 23.4 Å². The summed E-state index contributed by atoms with van der Waals surface area (Å²) in [5, 5.41) is 0. The molecular formula is C16H22N2O2. The van der Waals surface area contributed by atoms with Gasteiger partial charge in [-0.3, -0.25) is 0 Å². The molecule has 4 nitrogen and oxygen atoms in total. The highest BCUT2D eigenvalue weighted by Gasteiger charge is 2.13. The molecule has 0 fully saturated rings. The average Bonchev–Trinajstić information content (AvgIpc) is 2.45. The van der Waals surface area contributed by atoms with Gasteiger partial charge in [-0.2, -0.15) is 0 Å². The van der Waals surface area contributed by atoms with Crippen molar-refractivity contribution in [2.75, 3.05) is 20.2 Å². The lowest BCUT2D eigenvalue weighted by atomic mass is 10.0. The molecule has 0 saturated heterocycles. The second-order valence-electron chi connectivity index (χ2n) is 4.59. The van der Waals surface area contributed by atoms with Crippen molar-refractivity contribution < 1.29 is 9.53 Å². The molecule has 1 aromatic carbocycles. The number of hydrogen-bond acceptors (Lipinski definition) is 3. The van der Waals surface area contributed by atoms with Gasteiger partial charge < -0.3 is 9.64 Å². The molecule has 20 heavy (non-hydrogen) atoms. The molecule has 0 amide bonds. The number of ether oxygens (including phenoxy) is 1. The van der Waals surface area contributed by atoms with Crippen molar-refractivity contribution in [1.29, 1.82) is 0 Å². The summed E-state index contributed by atoms with van der Waals surface area (Å²) in [6.45, 7) is 10.6. The first kappa shape index (κ1) is 16.0. The molecule has 0 atom stereocenters. The Balaban J connectivity index is 3.00. The van der Waals surface area contributed by atoms with E-state index < -0.39 is 0 Å². The molecule has 0 aliphatic carbocycles. The maximum Gasteiger partial charge on any atom is 0.338 e. The molecule has 0 aliphatic heterocycles. The fraction of sp³-hybridized carbons (Fsp3) is 0.375. The SMILES string of the molecule is C=CCOC(=O)c1ccc(/N=C/N(C)CC)c(C)c1C. The van der Waals surface area contributed by atoms with Gasteiger partial charge >= 0.3 is 5.97 Å². The summed E-state index contributed by atoms with van der Waals surface area (Å²) in [5.41, 5.74) is 3.32. The van der Waals surface area contributed by atoms with Gasteiger partial charge in [-0.1, -0.05) is 12.7 Å². The van der Waals surface area contributed by atoms with Crippen molar-refractivity contribution in [3.63, 3.8) is 0 Å². The van der Waals surface area contributed by atoms with Crippen LogP contribution in [0.4, 0.5) is 5.69 Å². The Labute approximate surface area is 120 Å². The molecule has 0 unspecified atom stereocenters. The van der Waals surface area contributed by atoms with Gasteiger partial charge in [-0.25, -0.2) is 9.79 Å². The summed E-state index contributed by atoms with van der Waals surface area (Å²) < 4.78 is 5.06. The third-order valence-corrected chi connectivity index (χ3v) is 3.20. The van der Waals surface area contributed by atoms with Gasteiger partial charge in [-0.15, -0.1) is 0 Å². The van der Waals surface area contributed by atoms with Gasteiger partial charge in [0.2, 0.25) is 0 Å². The molecule has 1 aromatic rings. The Bertz CT molecular complexity index is 521. The molecule has 0 bridgehead atoms. The molecule has 1 rings (SSSR count). The third-order valence-electron chi connectivity index (χ3n) is 3.20. The number of carbonyl (C=O) groups is 1.